The quantitative estimate of drug-likeness (QED) is 0.895. The molecule has 22 heavy (non-hydrogen) atoms. The fourth-order valence-electron chi connectivity index (χ4n) is 2.34. The molecule has 1 aliphatic rings. The molecular formula is C15H18ClN5O. The molecule has 1 atom stereocenters. The van der Waals surface area contributed by atoms with Crippen molar-refractivity contribution >= 4 is 18.3 Å². The molecule has 0 bridgehead atoms. The van der Waals surface area contributed by atoms with E-state index in [4.69, 9.17) is 0 Å². The number of pyridine rings is 1. The first-order chi connectivity index (χ1) is 10.3. The smallest absolute Gasteiger partial charge is 0.254 e. The average Bonchev–Trinajstić information content (AvgIpc) is 2.57. The van der Waals surface area contributed by atoms with Crippen LogP contribution in [-0.2, 0) is 0 Å². The third-order valence-corrected chi connectivity index (χ3v) is 3.48. The van der Waals surface area contributed by atoms with Gasteiger partial charge in [-0.05, 0) is 31.5 Å². The second-order valence-corrected chi connectivity index (χ2v) is 5.05. The van der Waals surface area contributed by atoms with Gasteiger partial charge >= 0.3 is 0 Å². The van der Waals surface area contributed by atoms with Crippen LogP contribution in [-0.4, -0.2) is 40.0 Å². The minimum absolute atomic E-state index is 0. The molecule has 1 aliphatic heterocycles. The summed E-state index contributed by atoms with van der Waals surface area (Å²) in [6, 6.07) is 3.86. The minimum atomic E-state index is -0.120. The van der Waals surface area contributed by atoms with E-state index in [0.717, 1.165) is 31.5 Å². The standard InChI is InChI=1S/C15H17N5O.ClH/c21-15(20-13-2-1-5-17-10-13)12-8-18-14(19-9-12)11-3-6-16-7-4-11;/h3-4,6-9,13,17H,1-2,5,10H2,(H,20,21);1H/t13-;/m1./s1. The van der Waals surface area contributed by atoms with E-state index in [2.05, 4.69) is 25.6 Å². The van der Waals surface area contributed by atoms with Gasteiger partial charge in [0, 0.05) is 42.9 Å². The maximum absolute atomic E-state index is 12.1. The Bertz CT molecular complexity index is 599. The number of hydrogen-bond acceptors (Lipinski definition) is 5. The molecule has 0 aliphatic carbocycles. The van der Waals surface area contributed by atoms with Gasteiger partial charge in [-0.1, -0.05) is 0 Å². The SMILES string of the molecule is Cl.O=C(N[C@@H]1CCCNC1)c1cnc(-c2ccncc2)nc1. The Kier molecular flexibility index (Phi) is 5.80. The summed E-state index contributed by atoms with van der Waals surface area (Å²) in [7, 11) is 0. The number of amides is 1. The molecule has 3 rings (SSSR count). The van der Waals surface area contributed by atoms with E-state index in [1.54, 1.807) is 24.8 Å². The number of carbonyl (C=O) groups is 1. The molecule has 0 spiro atoms. The predicted octanol–water partition coefficient (Wildman–Crippen LogP) is 1.44. The number of rotatable bonds is 3. The van der Waals surface area contributed by atoms with Crippen LogP contribution in [0, 0.1) is 0 Å². The number of carbonyl (C=O) groups excluding carboxylic acids is 1. The zero-order valence-corrected chi connectivity index (χ0v) is 12.8. The van der Waals surface area contributed by atoms with Crippen LogP contribution in [0.2, 0.25) is 0 Å². The Balaban J connectivity index is 0.00000176. The molecule has 0 saturated carbocycles. The number of piperidine rings is 1. The zero-order valence-electron chi connectivity index (χ0n) is 12.0. The van der Waals surface area contributed by atoms with Gasteiger partial charge < -0.3 is 10.6 Å². The van der Waals surface area contributed by atoms with E-state index in [0.29, 0.717) is 11.4 Å². The van der Waals surface area contributed by atoms with Crippen molar-refractivity contribution in [1.29, 1.82) is 0 Å². The highest BCUT2D eigenvalue weighted by molar-refractivity contribution is 5.93. The second kappa shape index (κ2) is 7.82. The maximum Gasteiger partial charge on any atom is 0.254 e. The predicted molar refractivity (Wildman–Crippen MR) is 85.9 cm³/mol. The van der Waals surface area contributed by atoms with Gasteiger partial charge in [0.15, 0.2) is 5.82 Å². The molecule has 1 amide bonds. The van der Waals surface area contributed by atoms with Crippen LogP contribution >= 0.6 is 12.4 Å². The fourth-order valence-corrected chi connectivity index (χ4v) is 2.34. The lowest BCUT2D eigenvalue weighted by Crippen LogP contribution is -2.45. The highest BCUT2D eigenvalue weighted by atomic mass is 35.5. The van der Waals surface area contributed by atoms with Crippen molar-refractivity contribution in [3.05, 3.63) is 42.5 Å². The van der Waals surface area contributed by atoms with Gasteiger partial charge in [-0.3, -0.25) is 9.78 Å². The first kappa shape index (κ1) is 16.3. The summed E-state index contributed by atoms with van der Waals surface area (Å²) in [6.45, 7) is 1.85. The Morgan fingerprint density at radius 2 is 1.95 bits per heavy atom. The second-order valence-electron chi connectivity index (χ2n) is 5.05. The van der Waals surface area contributed by atoms with Crippen LogP contribution in [0.1, 0.15) is 23.2 Å². The van der Waals surface area contributed by atoms with Gasteiger partial charge in [-0.2, -0.15) is 0 Å². The fraction of sp³-hybridized carbons (Fsp3) is 0.333. The molecule has 1 fully saturated rings. The summed E-state index contributed by atoms with van der Waals surface area (Å²) >= 11 is 0. The molecular weight excluding hydrogens is 302 g/mol. The molecule has 6 nitrogen and oxygen atoms in total. The van der Waals surface area contributed by atoms with Crippen molar-refractivity contribution in [2.75, 3.05) is 13.1 Å². The molecule has 7 heteroatoms. The van der Waals surface area contributed by atoms with E-state index in [-0.39, 0.29) is 24.4 Å². The number of aromatic nitrogens is 3. The van der Waals surface area contributed by atoms with Crippen molar-refractivity contribution in [1.82, 2.24) is 25.6 Å². The minimum Gasteiger partial charge on any atom is -0.348 e. The Hall–Kier alpha value is -2.05. The van der Waals surface area contributed by atoms with E-state index in [9.17, 15) is 4.79 Å². The lowest BCUT2D eigenvalue weighted by atomic mass is 10.1. The lowest BCUT2D eigenvalue weighted by Gasteiger charge is -2.23. The van der Waals surface area contributed by atoms with Crippen LogP contribution in [0.3, 0.4) is 0 Å². The third-order valence-electron chi connectivity index (χ3n) is 3.48. The summed E-state index contributed by atoms with van der Waals surface area (Å²) in [5.74, 6) is 0.471. The van der Waals surface area contributed by atoms with Crippen molar-refractivity contribution in [3.63, 3.8) is 0 Å². The zero-order chi connectivity index (χ0) is 14.5. The van der Waals surface area contributed by atoms with Gasteiger partial charge in [-0.25, -0.2) is 9.97 Å². The van der Waals surface area contributed by atoms with E-state index < -0.39 is 0 Å². The normalized spacial score (nSPS) is 17.4. The number of halogens is 1. The number of nitrogens with one attached hydrogen (secondary N) is 2. The Morgan fingerprint density at radius 1 is 1.23 bits per heavy atom. The van der Waals surface area contributed by atoms with Crippen molar-refractivity contribution in [3.8, 4) is 11.4 Å². The largest absolute Gasteiger partial charge is 0.348 e. The van der Waals surface area contributed by atoms with E-state index >= 15 is 0 Å². The van der Waals surface area contributed by atoms with Crippen LogP contribution in [0.15, 0.2) is 36.9 Å². The molecule has 1 saturated heterocycles. The van der Waals surface area contributed by atoms with Crippen molar-refractivity contribution in [2.24, 2.45) is 0 Å². The third kappa shape index (κ3) is 3.99. The van der Waals surface area contributed by atoms with Gasteiger partial charge in [0.1, 0.15) is 0 Å². The molecule has 0 unspecified atom stereocenters. The van der Waals surface area contributed by atoms with Gasteiger partial charge in [-0.15, -0.1) is 12.4 Å². The number of hydrogen-bond donors (Lipinski definition) is 2. The molecule has 2 N–H and O–H groups in total. The molecule has 0 aromatic carbocycles. The summed E-state index contributed by atoms with van der Waals surface area (Å²) in [5, 5.41) is 6.27. The Morgan fingerprint density at radius 3 is 2.59 bits per heavy atom. The highest BCUT2D eigenvalue weighted by Gasteiger charge is 2.16. The topological polar surface area (TPSA) is 79.8 Å². The maximum atomic E-state index is 12.1. The average molecular weight is 320 g/mol. The van der Waals surface area contributed by atoms with Crippen molar-refractivity contribution < 1.29 is 4.79 Å². The number of nitrogens with zero attached hydrogens (tertiary/aromatic N) is 3. The highest BCUT2D eigenvalue weighted by Crippen LogP contribution is 2.12. The summed E-state index contributed by atoms with van der Waals surface area (Å²) in [5.41, 5.74) is 1.37. The van der Waals surface area contributed by atoms with Crippen LogP contribution in [0.4, 0.5) is 0 Å². The molecule has 2 aromatic rings. The van der Waals surface area contributed by atoms with Crippen LogP contribution in [0.25, 0.3) is 11.4 Å². The monoisotopic (exact) mass is 319 g/mol. The van der Waals surface area contributed by atoms with Gasteiger partial charge in [0.05, 0.1) is 5.56 Å². The molecule has 0 radical (unpaired) electrons. The molecule has 3 heterocycles. The van der Waals surface area contributed by atoms with E-state index in [1.165, 1.54) is 0 Å². The van der Waals surface area contributed by atoms with Crippen LogP contribution in [0.5, 0.6) is 0 Å². The first-order valence-electron chi connectivity index (χ1n) is 7.07. The summed E-state index contributed by atoms with van der Waals surface area (Å²) in [6.07, 6.45) is 8.60. The lowest BCUT2D eigenvalue weighted by molar-refractivity contribution is 0.0930. The summed E-state index contributed by atoms with van der Waals surface area (Å²) in [4.78, 5) is 24.6. The first-order valence-corrected chi connectivity index (χ1v) is 7.07. The van der Waals surface area contributed by atoms with E-state index in [1.807, 2.05) is 12.1 Å². The van der Waals surface area contributed by atoms with Gasteiger partial charge in [0.2, 0.25) is 0 Å². The molecule has 2 aromatic heterocycles. The van der Waals surface area contributed by atoms with Gasteiger partial charge in [0.25, 0.3) is 5.91 Å². The summed E-state index contributed by atoms with van der Waals surface area (Å²) < 4.78 is 0. The molecule has 116 valence electrons. The Labute approximate surface area is 135 Å². The van der Waals surface area contributed by atoms with Crippen LogP contribution < -0.4 is 10.6 Å². The van der Waals surface area contributed by atoms with Crippen molar-refractivity contribution in [2.45, 2.75) is 18.9 Å².